The average Bonchev–Trinajstić information content (AvgIpc) is 2.49. The van der Waals surface area contributed by atoms with Crippen LogP contribution in [0.25, 0.3) is 0 Å². The monoisotopic (exact) mass is 331 g/mol. The van der Waals surface area contributed by atoms with E-state index in [1.807, 2.05) is 18.2 Å². The highest BCUT2D eigenvalue weighted by Crippen LogP contribution is 2.29. The number of rotatable bonds is 2. The highest BCUT2D eigenvalue weighted by molar-refractivity contribution is 9.10. The minimum Gasteiger partial charge on any atom is -0.397 e. The third kappa shape index (κ3) is 2.61. The van der Waals surface area contributed by atoms with Gasteiger partial charge in [-0.05, 0) is 40.2 Å². The number of hydrogen-bond acceptors (Lipinski definition) is 3. The van der Waals surface area contributed by atoms with E-state index in [1.54, 1.807) is 0 Å². The van der Waals surface area contributed by atoms with Crippen LogP contribution < -0.4 is 15.5 Å². The van der Waals surface area contributed by atoms with E-state index < -0.39 is 0 Å². The quantitative estimate of drug-likeness (QED) is 0.856. The van der Waals surface area contributed by atoms with Crippen LogP contribution in [-0.4, -0.2) is 26.2 Å². The number of para-hydroxylation sites is 3. The Bertz CT molecular complexity index is 538. The SMILES string of the molecule is Nc1ccccc1N1CCN(c2ccccc2Br)CC1. The van der Waals surface area contributed by atoms with Gasteiger partial charge >= 0.3 is 0 Å². The van der Waals surface area contributed by atoms with E-state index in [0.29, 0.717) is 0 Å². The molecular formula is C16H18BrN3. The first kappa shape index (κ1) is 13.3. The number of nitrogen functional groups attached to an aromatic ring is 1. The van der Waals surface area contributed by atoms with Gasteiger partial charge in [0.2, 0.25) is 0 Å². The Labute approximate surface area is 128 Å². The fourth-order valence-corrected chi connectivity index (χ4v) is 3.21. The van der Waals surface area contributed by atoms with Gasteiger partial charge in [0.25, 0.3) is 0 Å². The van der Waals surface area contributed by atoms with Gasteiger partial charge in [-0.1, -0.05) is 24.3 Å². The Morgan fingerprint density at radius 1 is 0.750 bits per heavy atom. The Hall–Kier alpha value is -1.68. The highest BCUT2D eigenvalue weighted by Gasteiger charge is 2.19. The van der Waals surface area contributed by atoms with Gasteiger partial charge in [0.1, 0.15) is 0 Å². The molecule has 0 aliphatic carbocycles. The zero-order valence-corrected chi connectivity index (χ0v) is 12.9. The molecule has 2 N–H and O–H groups in total. The van der Waals surface area contributed by atoms with Gasteiger partial charge in [0.05, 0.1) is 17.1 Å². The van der Waals surface area contributed by atoms with Crippen molar-refractivity contribution in [3.8, 4) is 0 Å². The van der Waals surface area contributed by atoms with Crippen molar-refractivity contribution in [1.82, 2.24) is 0 Å². The third-order valence-corrected chi connectivity index (χ3v) is 4.42. The maximum atomic E-state index is 6.06. The topological polar surface area (TPSA) is 32.5 Å². The second kappa shape index (κ2) is 5.75. The van der Waals surface area contributed by atoms with E-state index in [-0.39, 0.29) is 0 Å². The minimum atomic E-state index is 0.863. The number of halogens is 1. The van der Waals surface area contributed by atoms with Crippen molar-refractivity contribution in [3.05, 3.63) is 53.0 Å². The number of benzene rings is 2. The Morgan fingerprint density at radius 3 is 1.85 bits per heavy atom. The zero-order valence-electron chi connectivity index (χ0n) is 11.3. The highest BCUT2D eigenvalue weighted by atomic mass is 79.9. The molecule has 0 aromatic heterocycles. The molecule has 0 bridgehead atoms. The molecule has 1 fully saturated rings. The summed E-state index contributed by atoms with van der Waals surface area (Å²) < 4.78 is 1.16. The van der Waals surface area contributed by atoms with E-state index in [4.69, 9.17) is 5.73 Å². The maximum absolute atomic E-state index is 6.06. The summed E-state index contributed by atoms with van der Waals surface area (Å²) in [7, 11) is 0. The molecule has 1 aliphatic rings. The lowest BCUT2D eigenvalue weighted by Gasteiger charge is -2.38. The second-order valence-corrected chi connectivity index (χ2v) is 5.84. The van der Waals surface area contributed by atoms with Crippen LogP contribution in [0.2, 0.25) is 0 Å². The number of hydrogen-bond donors (Lipinski definition) is 1. The summed E-state index contributed by atoms with van der Waals surface area (Å²) in [6.45, 7) is 4.01. The van der Waals surface area contributed by atoms with E-state index >= 15 is 0 Å². The van der Waals surface area contributed by atoms with Crippen molar-refractivity contribution in [3.63, 3.8) is 0 Å². The molecule has 1 saturated heterocycles. The molecule has 104 valence electrons. The van der Waals surface area contributed by atoms with E-state index in [1.165, 1.54) is 5.69 Å². The van der Waals surface area contributed by atoms with E-state index in [0.717, 1.165) is 42.0 Å². The summed E-state index contributed by atoms with van der Waals surface area (Å²) in [5.74, 6) is 0. The molecule has 0 atom stereocenters. The molecule has 3 nitrogen and oxygen atoms in total. The fourth-order valence-electron chi connectivity index (χ4n) is 2.67. The summed E-state index contributed by atoms with van der Waals surface area (Å²) in [4.78, 5) is 4.78. The van der Waals surface area contributed by atoms with E-state index in [9.17, 15) is 0 Å². The molecule has 0 spiro atoms. The van der Waals surface area contributed by atoms with Crippen molar-refractivity contribution in [1.29, 1.82) is 0 Å². The Kier molecular flexibility index (Phi) is 3.83. The average molecular weight is 332 g/mol. The van der Waals surface area contributed by atoms with Crippen LogP contribution in [0.5, 0.6) is 0 Å². The summed E-state index contributed by atoms with van der Waals surface area (Å²) in [5.41, 5.74) is 9.34. The van der Waals surface area contributed by atoms with Crippen molar-refractivity contribution in [2.24, 2.45) is 0 Å². The number of piperazine rings is 1. The van der Waals surface area contributed by atoms with Crippen LogP contribution in [0.4, 0.5) is 17.1 Å². The fraction of sp³-hybridized carbons (Fsp3) is 0.250. The van der Waals surface area contributed by atoms with Crippen LogP contribution in [0.15, 0.2) is 53.0 Å². The molecule has 2 aromatic rings. The van der Waals surface area contributed by atoms with Crippen LogP contribution in [0, 0.1) is 0 Å². The summed E-state index contributed by atoms with van der Waals surface area (Å²) in [6.07, 6.45) is 0. The van der Waals surface area contributed by atoms with Crippen LogP contribution >= 0.6 is 15.9 Å². The van der Waals surface area contributed by atoms with Crippen molar-refractivity contribution < 1.29 is 0 Å². The molecule has 0 unspecified atom stereocenters. The lowest BCUT2D eigenvalue weighted by Crippen LogP contribution is -2.46. The maximum Gasteiger partial charge on any atom is 0.0601 e. The molecule has 4 heteroatoms. The molecule has 0 saturated carbocycles. The summed E-state index contributed by atoms with van der Waals surface area (Å²) in [5, 5.41) is 0. The predicted octanol–water partition coefficient (Wildman–Crippen LogP) is 3.36. The van der Waals surface area contributed by atoms with Crippen LogP contribution in [0.3, 0.4) is 0 Å². The molecule has 0 radical (unpaired) electrons. The van der Waals surface area contributed by atoms with Crippen molar-refractivity contribution >= 4 is 33.0 Å². The van der Waals surface area contributed by atoms with Gasteiger partial charge in [0.15, 0.2) is 0 Å². The molecule has 0 amide bonds. The predicted molar refractivity (Wildman–Crippen MR) is 89.4 cm³/mol. The molecular weight excluding hydrogens is 314 g/mol. The normalized spacial score (nSPS) is 15.4. The van der Waals surface area contributed by atoms with Crippen molar-refractivity contribution in [2.45, 2.75) is 0 Å². The molecule has 3 rings (SSSR count). The minimum absolute atomic E-state index is 0.863. The zero-order chi connectivity index (χ0) is 13.9. The second-order valence-electron chi connectivity index (χ2n) is 4.98. The van der Waals surface area contributed by atoms with E-state index in [2.05, 4.69) is 56.1 Å². The van der Waals surface area contributed by atoms with Gasteiger partial charge in [-0.15, -0.1) is 0 Å². The Morgan fingerprint density at radius 2 is 1.25 bits per heavy atom. The van der Waals surface area contributed by atoms with Crippen LogP contribution in [0.1, 0.15) is 0 Å². The van der Waals surface area contributed by atoms with Crippen molar-refractivity contribution in [2.75, 3.05) is 41.7 Å². The largest absolute Gasteiger partial charge is 0.397 e. The standard InChI is InChI=1S/C16H18BrN3/c17-13-5-1-3-7-15(13)19-9-11-20(12-10-19)16-8-4-2-6-14(16)18/h1-8H,9-12,18H2. The summed E-state index contributed by atoms with van der Waals surface area (Å²) in [6, 6.07) is 16.5. The van der Waals surface area contributed by atoms with Crippen LogP contribution in [-0.2, 0) is 0 Å². The Balaban J connectivity index is 1.72. The van der Waals surface area contributed by atoms with Gasteiger partial charge in [-0.25, -0.2) is 0 Å². The van der Waals surface area contributed by atoms with Gasteiger partial charge in [-0.2, -0.15) is 0 Å². The van der Waals surface area contributed by atoms with Gasteiger partial charge < -0.3 is 15.5 Å². The smallest absolute Gasteiger partial charge is 0.0601 e. The molecule has 20 heavy (non-hydrogen) atoms. The first-order valence-electron chi connectivity index (χ1n) is 6.84. The van der Waals surface area contributed by atoms with Gasteiger partial charge in [-0.3, -0.25) is 0 Å². The number of nitrogens with two attached hydrogens (primary N) is 1. The first-order chi connectivity index (χ1) is 9.75. The first-order valence-corrected chi connectivity index (χ1v) is 7.64. The molecule has 1 aliphatic heterocycles. The molecule has 2 aromatic carbocycles. The third-order valence-electron chi connectivity index (χ3n) is 3.75. The summed E-state index contributed by atoms with van der Waals surface area (Å²) >= 11 is 3.63. The molecule has 1 heterocycles. The number of nitrogens with zero attached hydrogens (tertiary/aromatic N) is 2. The van der Waals surface area contributed by atoms with Gasteiger partial charge in [0, 0.05) is 30.7 Å². The lowest BCUT2D eigenvalue weighted by molar-refractivity contribution is 0.653. The number of anilines is 3. The lowest BCUT2D eigenvalue weighted by atomic mass is 10.2.